The summed E-state index contributed by atoms with van der Waals surface area (Å²) in [6, 6.07) is 6.45. The zero-order chi connectivity index (χ0) is 13.8. The Balaban J connectivity index is 2.21. The van der Waals surface area contributed by atoms with Crippen molar-refractivity contribution in [3.05, 3.63) is 40.3 Å². The number of aromatic nitrogens is 3. The summed E-state index contributed by atoms with van der Waals surface area (Å²) in [7, 11) is 0. The molecule has 2 N–H and O–H groups in total. The quantitative estimate of drug-likeness (QED) is 0.871. The number of hydrogen-bond acceptors (Lipinski definition) is 4. The first-order chi connectivity index (χ1) is 9.11. The van der Waals surface area contributed by atoms with Crippen molar-refractivity contribution >= 4 is 17.7 Å². The van der Waals surface area contributed by atoms with Crippen LogP contribution in [-0.4, -0.2) is 25.8 Å². The second-order valence-electron chi connectivity index (χ2n) is 3.89. The highest BCUT2D eigenvalue weighted by Gasteiger charge is 2.09. The Bertz CT molecular complexity index is 630. The summed E-state index contributed by atoms with van der Waals surface area (Å²) in [6.07, 6.45) is 0.838. The number of carboxylic acid groups (broad SMARTS) is 1. The molecule has 0 saturated carbocycles. The van der Waals surface area contributed by atoms with Gasteiger partial charge < -0.3 is 5.11 Å². The second-order valence-corrected chi connectivity index (χ2v) is 4.94. The molecule has 1 aromatic carbocycles. The molecule has 0 aliphatic carbocycles. The van der Waals surface area contributed by atoms with Crippen LogP contribution in [0.15, 0.2) is 39.1 Å². The second kappa shape index (κ2) is 5.75. The van der Waals surface area contributed by atoms with Crippen LogP contribution in [0.2, 0.25) is 0 Å². The highest BCUT2D eigenvalue weighted by molar-refractivity contribution is 7.99. The van der Waals surface area contributed by atoms with Gasteiger partial charge in [-0.1, -0.05) is 6.92 Å². The Hall–Kier alpha value is -2.02. The minimum Gasteiger partial charge on any atom is -0.478 e. The van der Waals surface area contributed by atoms with Gasteiger partial charge >= 0.3 is 11.7 Å². The van der Waals surface area contributed by atoms with Crippen molar-refractivity contribution in [1.29, 1.82) is 0 Å². The lowest BCUT2D eigenvalue weighted by Crippen LogP contribution is -2.17. The van der Waals surface area contributed by atoms with E-state index in [4.69, 9.17) is 5.11 Å². The molecule has 0 amide bonds. The normalized spacial score (nSPS) is 10.6. The Kier molecular flexibility index (Phi) is 4.06. The SMILES string of the molecule is CCCn1c(Sc2ccc(C(=O)O)cc2)n[nH]c1=O. The van der Waals surface area contributed by atoms with Gasteiger partial charge in [-0.3, -0.25) is 4.57 Å². The van der Waals surface area contributed by atoms with Crippen LogP contribution in [0.1, 0.15) is 23.7 Å². The molecule has 0 bridgehead atoms. The standard InChI is InChI=1S/C12H13N3O3S/c1-2-7-15-11(18)13-14-12(15)19-9-5-3-8(4-6-9)10(16)17/h3-6H,2,7H2,1H3,(H,13,18)(H,16,17). The zero-order valence-corrected chi connectivity index (χ0v) is 11.1. The van der Waals surface area contributed by atoms with E-state index in [1.54, 1.807) is 16.7 Å². The van der Waals surface area contributed by atoms with Crippen molar-refractivity contribution in [2.45, 2.75) is 29.9 Å². The Morgan fingerprint density at radius 3 is 2.68 bits per heavy atom. The van der Waals surface area contributed by atoms with Crippen LogP contribution in [0.3, 0.4) is 0 Å². The first-order valence-electron chi connectivity index (χ1n) is 5.78. The van der Waals surface area contributed by atoms with E-state index >= 15 is 0 Å². The number of aromatic amines is 1. The number of rotatable bonds is 5. The first kappa shape index (κ1) is 13.4. The van der Waals surface area contributed by atoms with E-state index in [2.05, 4.69) is 10.2 Å². The molecule has 100 valence electrons. The highest BCUT2D eigenvalue weighted by atomic mass is 32.2. The molecule has 2 rings (SSSR count). The smallest absolute Gasteiger partial charge is 0.343 e. The van der Waals surface area contributed by atoms with Gasteiger partial charge in [0.2, 0.25) is 0 Å². The molecule has 7 heteroatoms. The molecule has 0 saturated heterocycles. The molecule has 2 aromatic rings. The molecule has 0 spiro atoms. The van der Waals surface area contributed by atoms with Gasteiger partial charge in [0.15, 0.2) is 5.16 Å². The third kappa shape index (κ3) is 3.05. The average molecular weight is 279 g/mol. The molecular weight excluding hydrogens is 266 g/mol. The lowest BCUT2D eigenvalue weighted by atomic mass is 10.2. The maximum Gasteiger partial charge on any atom is 0.343 e. The number of hydrogen-bond donors (Lipinski definition) is 2. The Morgan fingerprint density at radius 2 is 2.11 bits per heavy atom. The predicted octanol–water partition coefficient (Wildman–Crippen LogP) is 1.83. The summed E-state index contributed by atoms with van der Waals surface area (Å²) in [6.45, 7) is 2.58. The first-order valence-corrected chi connectivity index (χ1v) is 6.60. The van der Waals surface area contributed by atoms with Gasteiger partial charge in [0.1, 0.15) is 0 Å². The lowest BCUT2D eigenvalue weighted by Gasteiger charge is -2.03. The van der Waals surface area contributed by atoms with E-state index in [0.29, 0.717) is 11.7 Å². The molecule has 6 nitrogen and oxygen atoms in total. The van der Waals surface area contributed by atoms with Gasteiger partial charge in [-0.25, -0.2) is 14.7 Å². The lowest BCUT2D eigenvalue weighted by molar-refractivity contribution is 0.0697. The third-order valence-corrected chi connectivity index (χ3v) is 3.48. The number of carboxylic acids is 1. The molecule has 0 aliphatic heterocycles. The molecule has 1 aromatic heterocycles. The molecular formula is C12H13N3O3S. The van der Waals surface area contributed by atoms with Gasteiger partial charge in [-0.2, -0.15) is 0 Å². The average Bonchev–Trinajstić information content (AvgIpc) is 2.73. The molecule has 0 radical (unpaired) electrons. The van der Waals surface area contributed by atoms with E-state index in [-0.39, 0.29) is 11.3 Å². The molecule has 0 unspecified atom stereocenters. The van der Waals surface area contributed by atoms with Crippen LogP contribution in [0.4, 0.5) is 0 Å². The summed E-state index contributed by atoms with van der Waals surface area (Å²) < 4.78 is 1.57. The van der Waals surface area contributed by atoms with Crippen molar-refractivity contribution in [3.8, 4) is 0 Å². The minimum atomic E-state index is -0.959. The van der Waals surface area contributed by atoms with Crippen LogP contribution in [0.25, 0.3) is 0 Å². The molecule has 0 atom stereocenters. The Morgan fingerprint density at radius 1 is 1.42 bits per heavy atom. The number of nitrogens with zero attached hydrogens (tertiary/aromatic N) is 2. The van der Waals surface area contributed by atoms with Crippen LogP contribution >= 0.6 is 11.8 Å². The summed E-state index contributed by atoms with van der Waals surface area (Å²) in [5.74, 6) is -0.959. The molecule has 19 heavy (non-hydrogen) atoms. The summed E-state index contributed by atoms with van der Waals surface area (Å²) in [4.78, 5) is 23.1. The number of benzene rings is 1. The number of carbonyl (C=O) groups is 1. The summed E-state index contributed by atoms with van der Waals surface area (Å²) >= 11 is 1.32. The van der Waals surface area contributed by atoms with Gasteiger partial charge in [0.25, 0.3) is 0 Å². The molecule has 0 fully saturated rings. The maximum absolute atomic E-state index is 11.5. The van der Waals surface area contributed by atoms with Crippen molar-refractivity contribution in [2.24, 2.45) is 0 Å². The van der Waals surface area contributed by atoms with Crippen molar-refractivity contribution in [1.82, 2.24) is 14.8 Å². The monoisotopic (exact) mass is 279 g/mol. The van der Waals surface area contributed by atoms with E-state index in [9.17, 15) is 9.59 Å². The van der Waals surface area contributed by atoms with E-state index in [1.165, 1.54) is 23.9 Å². The fourth-order valence-electron chi connectivity index (χ4n) is 1.57. The molecule has 0 aliphatic rings. The topological polar surface area (TPSA) is 88.0 Å². The number of nitrogens with one attached hydrogen (secondary N) is 1. The van der Waals surface area contributed by atoms with E-state index in [1.807, 2.05) is 6.92 Å². The fourth-order valence-corrected chi connectivity index (χ4v) is 2.43. The zero-order valence-electron chi connectivity index (χ0n) is 10.3. The van der Waals surface area contributed by atoms with E-state index < -0.39 is 5.97 Å². The highest BCUT2D eigenvalue weighted by Crippen LogP contribution is 2.25. The van der Waals surface area contributed by atoms with Gasteiger partial charge in [-0.05, 0) is 42.4 Å². The van der Waals surface area contributed by atoms with E-state index in [0.717, 1.165) is 11.3 Å². The number of aromatic carboxylic acids is 1. The third-order valence-electron chi connectivity index (χ3n) is 2.48. The van der Waals surface area contributed by atoms with Crippen LogP contribution in [-0.2, 0) is 6.54 Å². The van der Waals surface area contributed by atoms with Gasteiger partial charge in [0, 0.05) is 11.4 Å². The largest absolute Gasteiger partial charge is 0.478 e. The Labute approximate surface area is 113 Å². The van der Waals surface area contributed by atoms with Crippen LogP contribution < -0.4 is 5.69 Å². The number of H-pyrrole nitrogens is 1. The van der Waals surface area contributed by atoms with Crippen molar-refractivity contribution in [2.75, 3.05) is 0 Å². The van der Waals surface area contributed by atoms with Crippen LogP contribution in [0.5, 0.6) is 0 Å². The summed E-state index contributed by atoms with van der Waals surface area (Å²) in [5.41, 5.74) is 0.00355. The van der Waals surface area contributed by atoms with Crippen molar-refractivity contribution < 1.29 is 9.90 Å². The maximum atomic E-state index is 11.5. The van der Waals surface area contributed by atoms with Crippen LogP contribution in [0, 0.1) is 0 Å². The van der Waals surface area contributed by atoms with Gasteiger partial charge in [0.05, 0.1) is 5.56 Å². The predicted molar refractivity (Wildman–Crippen MR) is 70.7 cm³/mol. The minimum absolute atomic E-state index is 0.230. The van der Waals surface area contributed by atoms with Crippen molar-refractivity contribution in [3.63, 3.8) is 0 Å². The van der Waals surface area contributed by atoms with Gasteiger partial charge in [-0.15, -0.1) is 5.10 Å². The summed E-state index contributed by atoms with van der Waals surface area (Å²) in [5, 5.41) is 15.8. The fraction of sp³-hybridized carbons (Fsp3) is 0.250. The molecule has 1 heterocycles.